The molecule has 0 saturated carbocycles. The molecule has 2 aromatic rings. The Morgan fingerprint density at radius 1 is 1.03 bits per heavy atom. The van der Waals surface area contributed by atoms with E-state index in [4.69, 9.17) is 0 Å². The van der Waals surface area contributed by atoms with E-state index in [0.717, 1.165) is 31.5 Å². The predicted octanol–water partition coefficient (Wildman–Crippen LogP) is 2.92. The Balaban J connectivity index is 1.36. The Labute approximate surface area is 176 Å². The highest BCUT2D eigenvalue weighted by Gasteiger charge is 2.34. The molecular weight excluding hydrogens is 381 g/mol. The Morgan fingerprint density at radius 2 is 1.80 bits per heavy atom. The number of likely N-dealkylation sites (tertiary alicyclic amines) is 1. The topological polar surface area (TPSA) is 52.7 Å². The summed E-state index contributed by atoms with van der Waals surface area (Å²) < 4.78 is 13.5. The molecule has 158 valence electrons. The third-order valence-electron chi connectivity index (χ3n) is 6.20. The number of carbonyl (C=O) groups is 2. The quantitative estimate of drug-likeness (QED) is 0.826. The van der Waals surface area contributed by atoms with Gasteiger partial charge in [0.15, 0.2) is 0 Å². The number of halogens is 1. The first-order valence-corrected chi connectivity index (χ1v) is 10.7. The molecule has 1 unspecified atom stereocenters. The van der Waals surface area contributed by atoms with Gasteiger partial charge in [-0.05, 0) is 42.0 Å². The zero-order chi connectivity index (χ0) is 20.9. The second-order valence-corrected chi connectivity index (χ2v) is 8.18. The normalized spacial score (nSPS) is 20.8. The van der Waals surface area contributed by atoms with Crippen LogP contribution in [0.5, 0.6) is 0 Å². The number of amides is 2. The van der Waals surface area contributed by atoms with Crippen molar-refractivity contribution in [2.24, 2.45) is 0 Å². The minimum absolute atomic E-state index is 0.0211. The first kappa shape index (κ1) is 20.5. The summed E-state index contributed by atoms with van der Waals surface area (Å²) in [5.41, 5.74) is 2.14. The van der Waals surface area contributed by atoms with Crippen LogP contribution >= 0.6 is 0 Å². The van der Waals surface area contributed by atoms with Crippen LogP contribution < -0.4 is 5.32 Å². The maximum atomic E-state index is 13.5. The summed E-state index contributed by atoms with van der Waals surface area (Å²) in [5.74, 6) is 0.0959. The molecule has 0 radical (unpaired) electrons. The average molecular weight is 410 g/mol. The smallest absolute Gasteiger partial charge is 0.237 e. The maximum absolute atomic E-state index is 13.5. The van der Waals surface area contributed by atoms with Gasteiger partial charge in [-0.2, -0.15) is 0 Å². The summed E-state index contributed by atoms with van der Waals surface area (Å²) >= 11 is 0. The van der Waals surface area contributed by atoms with Gasteiger partial charge in [0.25, 0.3) is 0 Å². The molecule has 2 aliphatic rings. The van der Waals surface area contributed by atoms with Gasteiger partial charge in [-0.1, -0.05) is 42.5 Å². The lowest BCUT2D eigenvalue weighted by Gasteiger charge is -2.37. The number of rotatable bonds is 5. The molecule has 2 aliphatic heterocycles. The molecule has 2 saturated heterocycles. The van der Waals surface area contributed by atoms with E-state index in [1.165, 1.54) is 17.7 Å². The molecule has 0 aliphatic carbocycles. The van der Waals surface area contributed by atoms with E-state index in [1.54, 1.807) is 6.07 Å². The van der Waals surface area contributed by atoms with E-state index >= 15 is 0 Å². The van der Waals surface area contributed by atoms with Gasteiger partial charge in [0.05, 0.1) is 12.5 Å². The number of hydrogen-bond acceptors (Lipinski definition) is 3. The van der Waals surface area contributed by atoms with E-state index in [2.05, 4.69) is 29.6 Å². The van der Waals surface area contributed by atoms with Gasteiger partial charge in [0.2, 0.25) is 11.8 Å². The maximum Gasteiger partial charge on any atom is 0.237 e. The van der Waals surface area contributed by atoms with Crippen LogP contribution in [0, 0.1) is 5.82 Å². The number of nitrogens with zero attached hydrogens (tertiary/aromatic N) is 2. The summed E-state index contributed by atoms with van der Waals surface area (Å²) in [7, 11) is 0. The minimum atomic E-state index is -0.513. The largest absolute Gasteiger partial charge is 0.353 e. The Bertz CT molecular complexity index is 881. The van der Waals surface area contributed by atoms with Crippen molar-refractivity contribution in [1.29, 1.82) is 0 Å². The average Bonchev–Trinajstić information content (AvgIpc) is 2.77. The Morgan fingerprint density at radius 3 is 2.53 bits per heavy atom. The SMILES string of the molecule is O=C1NCCN(Cc2cccc(F)c2)C1CC(=O)N1CCC(c2ccccc2)CC1. The lowest BCUT2D eigenvalue weighted by molar-refractivity contribution is -0.139. The standard InChI is InChI=1S/C24H28FN3O2/c25-21-8-4-5-18(15-21)17-28-14-11-26-24(30)22(28)16-23(29)27-12-9-20(10-13-27)19-6-2-1-3-7-19/h1-8,15,20,22H,9-14,16-17H2,(H,26,30). The molecule has 2 amide bonds. The molecule has 4 rings (SSSR count). The molecule has 2 aromatic carbocycles. The molecule has 2 heterocycles. The lowest BCUT2D eigenvalue weighted by atomic mass is 9.89. The Hall–Kier alpha value is -2.73. The van der Waals surface area contributed by atoms with Crippen molar-refractivity contribution >= 4 is 11.8 Å². The van der Waals surface area contributed by atoms with Crippen LogP contribution in [0.2, 0.25) is 0 Å². The van der Waals surface area contributed by atoms with E-state index < -0.39 is 6.04 Å². The summed E-state index contributed by atoms with van der Waals surface area (Å²) in [6.07, 6.45) is 2.05. The van der Waals surface area contributed by atoms with Crippen molar-refractivity contribution in [3.05, 3.63) is 71.5 Å². The molecule has 5 nitrogen and oxygen atoms in total. The second-order valence-electron chi connectivity index (χ2n) is 8.18. The fourth-order valence-corrected chi connectivity index (χ4v) is 4.52. The monoisotopic (exact) mass is 409 g/mol. The molecule has 1 N–H and O–H groups in total. The number of carbonyl (C=O) groups excluding carboxylic acids is 2. The van der Waals surface area contributed by atoms with Crippen molar-refractivity contribution in [2.75, 3.05) is 26.2 Å². The Kier molecular flexibility index (Phi) is 6.43. The summed E-state index contributed by atoms with van der Waals surface area (Å²) in [6.45, 7) is 3.09. The van der Waals surface area contributed by atoms with E-state index in [-0.39, 0.29) is 24.1 Å². The van der Waals surface area contributed by atoms with Gasteiger partial charge >= 0.3 is 0 Å². The third kappa shape index (κ3) is 4.87. The van der Waals surface area contributed by atoms with Crippen LogP contribution in [0.25, 0.3) is 0 Å². The number of benzene rings is 2. The fourth-order valence-electron chi connectivity index (χ4n) is 4.52. The molecule has 30 heavy (non-hydrogen) atoms. The number of nitrogens with one attached hydrogen (secondary N) is 1. The van der Waals surface area contributed by atoms with Gasteiger partial charge in [0.1, 0.15) is 5.82 Å². The van der Waals surface area contributed by atoms with Crippen molar-refractivity contribution in [1.82, 2.24) is 15.1 Å². The van der Waals surface area contributed by atoms with Crippen molar-refractivity contribution in [3.8, 4) is 0 Å². The van der Waals surface area contributed by atoms with Crippen LogP contribution in [0.4, 0.5) is 4.39 Å². The van der Waals surface area contributed by atoms with Gasteiger partial charge in [-0.25, -0.2) is 4.39 Å². The lowest BCUT2D eigenvalue weighted by Crippen LogP contribution is -2.56. The fraction of sp³-hybridized carbons (Fsp3) is 0.417. The minimum Gasteiger partial charge on any atom is -0.353 e. The molecule has 0 bridgehead atoms. The zero-order valence-corrected chi connectivity index (χ0v) is 17.1. The number of piperidine rings is 1. The van der Waals surface area contributed by atoms with Crippen molar-refractivity contribution < 1.29 is 14.0 Å². The second kappa shape index (κ2) is 9.39. The highest BCUT2D eigenvalue weighted by Crippen LogP contribution is 2.28. The van der Waals surface area contributed by atoms with Gasteiger partial charge < -0.3 is 10.2 Å². The molecule has 1 atom stereocenters. The molecule has 0 spiro atoms. The van der Waals surface area contributed by atoms with Gasteiger partial charge in [-0.15, -0.1) is 0 Å². The highest BCUT2D eigenvalue weighted by atomic mass is 19.1. The summed E-state index contributed by atoms with van der Waals surface area (Å²) in [4.78, 5) is 29.4. The van der Waals surface area contributed by atoms with Crippen LogP contribution in [0.1, 0.15) is 36.3 Å². The van der Waals surface area contributed by atoms with Crippen LogP contribution in [0.15, 0.2) is 54.6 Å². The predicted molar refractivity (Wildman–Crippen MR) is 113 cm³/mol. The molecular formula is C24H28FN3O2. The molecule has 6 heteroatoms. The van der Waals surface area contributed by atoms with Gasteiger partial charge in [0, 0.05) is 32.7 Å². The first-order chi connectivity index (χ1) is 14.6. The molecule has 0 aromatic heterocycles. The van der Waals surface area contributed by atoms with Crippen LogP contribution in [0.3, 0.4) is 0 Å². The van der Waals surface area contributed by atoms with Gasteiger partial charge in [-0.3, -0.25) is 14.5 Å². The van der Waals surface area contributed by atoms with Crippen molar-refractivity contribution in [3.63, 3.8) is 0 Å². The number of hydrogen-bond donors (Lipinski definition) is 1. The number of piperazine rings is 1. The summed E-state index contributed by atoms with van der Waals surface area (Å²) in [5, 5.41) is 2.87. The third-order valence-corrected chi connectivity index (χ3v) is 6.20. The first-order valence-electron chi connectivity index (χ1n) is 10.7. The van der Waals surface area contributed by atoms with Crippen molar-refractivity contribution in [2.45, 2.75) is 37.8 Å². The van der Waals surface area contributed by atoms with E-state index in [1.807, 2.05) is 21.9 Å². The summed E-state index contributed by atoms with van der Waals surface area (Å²) in [6, 6.07) is 16.3. The van der Waals surface area contributed by atoms with Crippen LogP contribution in [-0.2, 0) is 16.1 Å². The highest BCUT2D eigenvalue weighted by molar-refractivity contribution is 5.88. The van der Waals surface area contributed by atoms with E-state index in [9.17, 15) is 14.0 Å². The van der Waals surface area contributed by atoms with E-state index in [0.29, 0.717) is 25.6 Å². The molecule has 2 fully saturated rings. The zero-order valence-electron chi connectivity index (χ0n) is 17.1. The van der Waals surface area contributed by atoms with Crippen LogP contribution in [-0.4, -0.2) is 53.8 Å².